The normalized spacial score (nSPS) is 10.7. The van der Waals surface area contributed by atoms with Gasteiger partial charge in [-0.2, -0.15) is 0 Å². The summed E-state index contributed by atoms with van der Waals surface area (Å²) >= 11 is 3.41. The highest BCUT2D eigenvalue weighted by Gasteiger charge is 2.08. The fraction of sp³-hybridized carbons (Fsp3) is 0.167. The highest BCUT2D eigenvalue weighted by molar-refractivity contribution is 9.10. The Morgan fingerprint density at radius 2 is 2.00 bits per heavy atom. The zero-order valence-electron chi connectivity index (χ0n) is 12.9. The highest BCUT2D eigenvalue weighted by atomic mass is 79.9. The topological polar surface area (TPSA) is 55.8 Å². The van der Waals surface area contributed by atoms with E-state index in [1.807, 2.05) is 25.1 Å². The summed E-state index contributed by atoms with van der Waals surface area (Å²) in [6.45, 7) is 2.45. The lowest BCUT2D eigenvalue weighted by molar-refractivity contribution is 0.104. The van der Waals surface area contributed by atoms with Crippen LogP contribution in [0.5, 0.6) is 17.2 Å². The number of benzene rings is 2. The van der Waals surface area contributed by atoms with E-state index in [1.165, 1.54) is 25.3 Å². The van der Waals surface area contributed by atoms with Gasteiger partial charge in [0.05, 0.1) is 13.7 Å². The van der Waals surface area contributed by atoms with E-state index in [0.717, 1.165) is 10.0 Å². The number of rotatable bonds is 6. The van der Waals surface area contributed by atoms with Crippen molar-refractivity contribution in [1.82, 2.24) is 0 Å². The number of halogens is 1. The summed E-state index contributed by atoms with van der Waals surface area (Å²) in [6.07, 6.45) is 3.17. The summed E-state index contributed by atoms with van der Waals surface area (Å²) in [5.41, 5.74) is 1.24. The molecule has 2 aromatic rings. The van der Waals surface area contributed by atoms with Crippen molar-refractivity contribution >= 4 is 27.8 Å². The standard InChI is InChI=1S/C18H17BrO4/c1-3-23-17-9-6-14(19)10-13(17)5-7-15(20)12-4-8-16(21)18(11-12)22-2/h4-11,21H,3H2,1-2H3/b7-5+. The number of hydrogen-bond donors (Lipinski definition) is 1. The Labute approximate surface area is 143 Å². The number of methoxy groups -OCH3 is 1. The molecule has 0 bridgehead atoms. The van der Waals surface area contributed by atoms with Crippen LogP contribution in [0.15, 0.2) is 46.9 Å². The summed E-state index contributed by atoms with van der Waals surface area (Å²) in [6, 6.07) is 10.1. The molecule has 0 unspecified atom stereocenters. The van der Waals surface area contributed by atoms with Crippen LogP contribution in [-0.4, -0.2) is 24.6 Å². The first kappa shape index (κ1) is 17.1. The minimum Gasteiger partial charge on any atom is -0.504 e. The minimum absolute atomic E-state index is 0.00125. The summed E-state index contributed by atoms with van der Waals surface area (Å²) in [5.74, 6) is 0.786. The average molecular weight is 377 g/mol. The molecule has 23 heavy (non-hydrogen) atoms. The van der Waals surface area contributed by atoms with Crippen LogP contribution in [0.1, 0.15) is 22.8 Å². The number of carbonyl (C=O) groups excluding carboxylic acids is 1. The average Bonchev–Trinajstić information content (AvgIpc) is 2.55. The number of aromatic hydroxyl groups is 1. The molecule has 4 nitrogen and oxygen atoms in total. The van der Waals surface area contributed by atoms with E-state index >= 15 is 0 Å². The molecule has 0 fully saturated rings. The molecule has 5 heteroatoms. The number of carbonyl (C=O) groups is 1. The number of hydrogen-bond acceptors (Lipinski definition) is 4. The zero-order valence-corrected chi connectivity index (χ0v) is 14.5. The third kappa shape index (κ3) is 4.36. The molecule has 2 aromatic carbocycles. The van der Waals surface area contributed by atoms with E-state index in [0.29, 0.717) is 17.9 Å². The molecule has 0 aliphatic heterocycles. The number of ketones is 1. The summed E-state index contributed by atoms with van der Waals surface area (Å²) in [7, 11) is 1.44. The van der Waals surface area contributed by atoms with Crippen LogP contribution >= 0.6 is 15.9 Å². The molecule has 0 radical (unpaired) electrons. The fourth-order valence-electron chi connectivity index (χ4n) is 2.03. The van der Waals surface area contributed by atoms with Crippen LogP contribution in [0.2, 0.25) is 0 Å². The van der Waals surface area contributed by atoms with Crippen molar-refractivity contribution in [3.8, 4) is 17.2 Å². The number of phenols is 1. The SMILES string of the molecule is CCOc1ccc(Br)cc1/C=C/C(=O)c1ccc(O)c(OC)c1. The van der Waals surface area contributed by atoms with Gasteiger partial charge in [0.15, 0.2) is 17.3 Å². The Hall–Kier alpha value is -2.27. The van der Waals surface area contributed by atoms with E-state index in [9.17, 15) is 9.90 Å². The van der Waals surface area contributed by atoms with Gasteiger partial charge in [0.1, 0.15) is 5.75 Å². The van der Waals surface area contributed by atoms with E-state index in [-0.39, 0.29) is 17.3 Å². The molecule has 1 N–H and O–H groups in total. The first-order chi connectivity index (χ1) is 11.0. The second-order valence-electron chi connectivity index (χ2n) is 4.70. The van der Waals surface area contributed by atoms with Crippen LogP contribution in [0, 0.1) is 0 Å². The minimum atomic E-state index is -0.189. The number of allylic oxidation sites excluding steroid dienone is 1. The molecular weight excluding hydrogens is 360 g/mol. The van der Waals surface area contributed by atoms with Crippen LogP contribution in [-0.2, 0) is 0 Å². The number of phenolic OH excluding ortho intramolecular Hbond substituents is 1. The maximum atomic E-state index is 12.3. The largest absolute Gasteiger partial charge is 0.504 e. The van der Waals surface area contributed by atoms with E-state index < -0.39 is 0 Å². The Balaban J connectivity index is 2.26. The Kier molecular flexibility index (Phi) is 5.82. The fourth-order valence-corrected chi connectivity index (χ4v) is 2.41. The first-order valence-corrected chi connectivity index (χ1v) is 7.86. The van der Waals surface area contributed by atoms with Gasteiger partial charge in [0.2, 0.25) is 0 Å². The molecular formula is C18H17BrO4. The molecule has 0 aromatic heterocycles. The van der Waals surface area contributed by atoms with Crippen LogP contribution in [0.4, 0.5) is 0 Å². The van der Waals surface area contributed by atoms with Crippen molar-refractivity contribution in [3.63, 3.8) is 0 Å². The van der Waals surface area contributed by atoms with Crippen molar-refractivity contribution in [2.75, 3.05) is 13.7 Å². The van der Waals surface area contributed by atoms with E-state index in [1.54, 1.807) is 12.1 Å². The number of ether oxygens (including phenoxy) is 2. The highest BCUT2D eigenvalue weighted by Crippen LogP contribution is 2.27. The van der Waals surface area contributed by atoms with Gasteiger partial charge in [0.25, 0.3) is 0 Å². The zero-order chi connectivity index (χ0) is 16.8. The van der Waals surface area contributed by atoms with Crippen molar-refractivity contribution in [3.05, 3.63) is 58.1 Å². The molecule has 0 heterocycles. The lowest BCUT2D eigenvalue weighted by atomic mass is 10.1. The molecule has 0 spiro atoms. The third-order valence-electron chi connectivity index (χ3n) is 3.15. The molecule has 120 valence electrons. The lowest BCUT2D eigenvalue weighted by Gasteiger charge is -2.07. The van der Waals surface area contributed by atoms with Crippen molar-refractivity contribution in [1.29, 1.82) is 0 Å². The van der Waals surface area contributed by atoms with Crippen molar-refractivity contribution in [2.24, 2.45) is 0 Å². The van der Waals surface area contributed by atoms with Crippen LogP contribution in [0.3, 0.4) is 0 Å². The second kappa shape index (κ2) is 7.83. The van der Waals surface area contributed by atoms with E-state index in [4.69, 9.17) is 9.47 Å². The van der Waals surface area contributed by atoms with Crippen molar-refractivity contribution in [2.45, 2.75) is 6.92 Å². The maximum Gasteiger partial charge on any atom is 0.185 e. The molecule has 0 aliphatic rings. The van der Waals surface area contributed by atoms with Gasteiger partial charge in [-0.1, -0.05) is 15.9 Å². The van der Waals surface area contributed by atoms with Gasteiger partial charge in [-0.25, -0.2) is 0 Å². The smallest absolute Gasteiger partial charge is 0.185 e. The monoisotopic (exact) mass is 376 g/mol. The Morgan fingerprint density at radius 1 is 1.22 bits per heavy atom. The summed E-state index contributed by atoms with van der Waals surface area (Å²) in [4.78, 5) is 12.3. The third-order valence-corrected chi connectivity index (χ3v) is 3.64. The predicted octanol–water partition coefficient (Wildman–Crippen LogP) is 4.46. The van der Waals surface area contributed by atoms with Gasteiger partial charge in [-0.3, -0.25) is 4.79 Å². The quantitative estimate of drug-likeness (QED) is 0.597. The maximum absolute atomic E-state index is 12.3. The molecule has 0 amide bonds. The first-order valence-electron chi connectivity index (χ1n) is 7.07. The van der Waals surface area contributed by atoms with E-state index in [2.05, 4.69) is 15.9 Å². The van der Waals surface area contributed by atoms with Gasteiger partial charge < -0.3 is 14.6 Å². The molecule has 0 saturated carbocycles. The molecule has 0 aliphatic carbocycles. The molecule has 0 saturated heterocycles. The van der Waals surface area contributed by atoms with Gasteiger partial charge in [-0.15, -0.1) is 0 Å². The van der Waals surface area contributed by atoms with Gasteiger partial charge in [0, 0.05) is 15.6 Å². The molecule has 2 rings (SSSR count). The summed E-state index contributed by atoms with van der Waals surface area (Å²) in [5, 5.41) is 9.57. The van der Waals surface area contributed by atoms with Gasteiger partial charge in [-0.05, 0) is 55.5 Å². The second-order valence-corrected chi connectivity index (χ2v) is 5.62. The Morgan fingerprint density at radius 3 is 2.70 bits per heavy atom. The molecule has 0 atom stereocenters. The summed E-state index contributed by atoms with van der Waals surface area (Å²) < 4.78 is 11.5. The lowest BCUT2D eigenvalue weighted by Crippen LogP contribution is -1.96. The van der Waals surface area contributed by atoms with Crippen molar-refractivity contribution < 1.29 is 19.4 Å². The van der Waals surface area contributed by atoms with Crippen LogP contribution in [0.25, 0.3) is 6.08 Å². The Bertz CT molecular complexity index is 738. The van der Waals surface area contributed by atoms with Gasteiger partial charge >= 0.3 is 0 Å². The predicted molar refractivity (Wildman–Crippen MR) is 93.3 cm³/mol. The van der Waals surface area contributed by atoms with Crippen LogP contribution < -0.4 is 9.47 Å².